The van der Waals surface area contributed by atoms with Crippen LogP contribution in [-0.2, 0) is 0 Å². The number of rotatable bonds is 3. The molecule has 0 aliphatic heterocycles. The van der Waals surface area contributed by atoms with E-state index in [1.54, 1.807) is 0 Å². The third-order valence-corrected chi connectivity index (χ3v) is 2.81. The van der Waals surface area contributed by atoms with Crippen molar-refractivity contribution in [2.24, 2.45) is 5.73 Å². The number of aryl methyl sites for hydroxylation is 2. The molecule has 19 heavy (non-hydrogen) atoms. The van der Waals surface area contributed by atoms with E-state index in [2.05, 4.69) is 10.3 Å². The fourth-order valence-electron chi connectivity index (χ4n) is 1.85. The summed E-state index contributed by atoms with van der Waals surface area (Å²) in [6.45, 7) is 4.00. The molecule has 2 aromatic rings. The third-order valence-electron chi connectivity index (χ3n) is 2.81. The van der Waals surface area contributed by atoms with Gasteiger partial charge < -0.3 is 16.8 Å². The molecular formula is C14H16N4O. The molecule has 0 unspecified atom stereocenters. The standard InChI is InChI=1S/C14H16N4O/c1-8-3-4-12(9(2)5-8)18-14-11(13(16)19)6-10(15)7-17-14/h3-7H,15H2,1-2H3,(H2,16,19)(H,17,18). The molecule has 0 radical (unpaired) electrons. The highest BCUT2D eigenvalue weighted by Gasteiger charge is 2.11. The van der Waals surface area contributed by atoms with Gasteiger partial charge in [0, 0.05) is 5.69 Å². The summed E-state index contributed by atoms with van der Waals surface area (Å²) in [5, 5.41) is 3.11. The SMILES string of the molecule is Cc1ccc(Nc2ncc(N)cc2C(N)=O)c(C)c1. The van der Waals surface area contributed by atoms with E-state index in [0.29, 0.717) is 11.5 Å². The molecule has 0 saturated carbocycles. The Morgan fingerprint density at radius 2 is 2.00 bits per heavy atom. The van der Waals surface area contributed by atoms with Gasteiger partial charge in [0.15, 0.2) is 0 Å². The van der Waals surface area contributed by atoms with Gasteiger partial charge in [0.05, 0.1) is 17.4 Å². The number of carbonyl (C=O) groups excluding carboxylic acids is 1. The molecule has 0 aliphatic rings. The molecule has 0 atom stereocenters. The molecule has 5 N–H and O–H groups in total. The maximum absolute atomic E-state index is 11.4. The van der Waals surface area contributed by atoms with Crippen LogP contribution in [0.2, 0.25) is 0 Å². The molecule has 0 spiro atoms. The number of carbonyl (C=O) groups is 1. The molecule has 0 aliphatic carbocycles. The van der Waals surface area contributed by atoms with E-state index in [0.717, 1.165) is 11.3 Å². The van der Waals surface area contributed by atoms with Crippen LogP contribution in [0.25, 0.3) is 0 Å². The number of pyridine rings is 1. The Kier molecular flexibility index (Phi) is 3.37. The van der Waals surface area contributed by atoms with Crippen LogP contribution in [0.5, 0.6) is 0 Å². The lowest BCUT2D eigenvalue weighted by Crippen LogP contribution is -2.15. The van der Waals surface area contributed by atoms with Crippen molar-refractivity contribution in [2.75, 3.05) is 11.1 Å². The smallest absolute Gasteiger partial charge is 0.252 e. The van der Waals surface area contributed by atoms with Gasteiger partial charge in [-0.25, -0.2) is 4.98 Å². The quantitative estimate of drug-likeness (QED) is 0.784. The highest BCUT2D eigenvalue weighted by Crippen LogP contribution is 2.23. The average molecular weight is 256 g/mol. The van der Waals surface area contributed by atoms with E-state index in [1.807, 2.05) is 32.0 Å². The molecule has 5 heteroatoms. The van der Waals surface area contributed by atoms with E-state index in [4.69, 9.17) is 11.5 Å². The Labute approximate surface area is 111 Å². The minimum atomic E-state index is -0.563. The number of hydrogen-bond donors (Lipinski definition) is 3. The lowest BCUT2D eigenvalue weighted by Gasteiger charge is -2.12. The van der Waals surface area contributed by atoms with Gasteiger partial charge >= 0.3 is 0 Å². The van der Waals surface area contributed by atoms with Gasteiger partial charge in [-0.2, -0.15) is 0 Å². The molecule has 1 heterocycles. The molecular weight excluding hydrogens is 240 g/mol. The van der Waals surface area contributed by atoms with E-state index in [1.165, 1.54) is 17.8 Å². The number of nitrogen functional groups attached to an aromatic ring is 1. The van der Waals surface area contributed by atoms with Crippen molar-refractivity contribution in [3.8, 4) is 0 Å². The van der Waals surface area contributed by atoms with Crippen molar-refractivity contribution in [3.05, 3.63) is 47.2 Å². The maximum atomic E-state index is 11.4. The summed E-state index contributed by atoms with van der Waals surface area (Å²) in [5.41, 5.74) is 14.7. The molecule has 0 saturated heterocycles. The van der Waals surface area contributed by atoms with E-state index in [9.17, 15) is 4.79 Å². The molecule has 0 bridgehead atoms. The number of benzene rings is 1. The Hall–Kier alpha value is -2.56. The predicted octanol–water partition coefficient (Wildman–Crippen LogP) is 2.12. The van der Waals surface area contributed by atoms with Crippen LogP contribution >= 0.6 is 0 Å². The highest BCUT2D eigenvalue weighted by atomic mass is 16.1. The lowest BCUT2D eigenvalue weighted by molar-refractivity contribution is 0.100. The minimum absolute atomic E-state index is 0.278. The van der Waals surface area contributed by atoms with Crippen molar-refractivity contribution in [1.82, 2.24) is 4.98 Å². The van der Waals surface area contributed by atoms with Gasteiger partial charge in [0.1, 0.15) is 5.82 Å². The second-order valence-corrected chi connectivity index (χ2v) is 4.47. The molecule has 1 amide bonds. The zero-order valence-corrected chi connectivity index (χ0v) is 10.9. The molecule has 0 fully saturated rings. The predicted molar refractivity (Wildman–Crippen MR) is 76.4 cm³/mol. The van der Waals surface area contributed by atoms with Crippen molar-refractivity contribution in [1.29, 1.82) is 0 Å². The van der Waals surface area contributed by atoms with E-state index in [-0.39, 0.29) is 5.56 Å². The van der Waals surface area contributed by atoms with Gasteiger partial charge in [-0.05, 0) is 31.5 Å². The number of nitrogens with zero attached hydrogens (tertiary/aromatic N) is 1. The van der Waals surface area contributed by atoms with E-state index >= 15 is 0 Å². The van der Waals surface area contributed by atoms with Crippen LogP contribution in [0.1, 0.15) is 21.5 Å². The summed E-state index contributed by atoms with van der Waals surface area (Å²) in [7, 11) is 0. The summed E-state index contributed by atoms with van der Waals surface area (Å²) in [4.78, 5) is 15.5. The topological polar surface area (TPSA) is 94.0 Å². The van der Waals surface area contributed by atoms with Crippen LogP contribution in [0.4, 0.5) is 17.2 Å². The summed E-state index contributed by atoms with van der Waals surface area (Å²) in [6.07, 6.45) is 1.48. The van der Waals surface area contributed by atoms with Gasteiger partial charge in [-0.15, -0.1) is 0 Å². The Morgan fingerprint density at radius 3 is 2.63 bits per heavy atom. The molecule has 2 rings (SSSR count). The second-order valence-electron chi connectivity index (χ2n) is 4.47. The summed E-state index contributed by atoms with van der Waals surface area (Å²) >= 11 is 0. The fourth-order valence-corrected chi connectivity index (χ4v) is 1.85. The molecule has 1 aromatic carbocycles. The normalized spacial score (nSPS) is 10.2. The number of nitrogens with two attached hydrogens (primary N) is 2. The lowest BCUT2D eigenvalue weighted by atomic mass is 10.1. The number of primary amides is 1. The van der Waals surface area contributed by atoms with Crippen LogP contribution in [-0.4, -0.2) is 10.9 Å². The monoisotopic (exact) mass is 256 g/mol. The van der Waals surface area contributed by atoms with Crippen molar-refractivity contribution in [2.45, 2.75) is 13.8 Å². The second kappa shape index (κ2) is 4.97. The first-order valence-electron chi connectivity index (χ1n) is 5.87. The Bertz CT molecular complexity index is 637. The minimum Gasteiger partial charge on any atom is -0.397 e. The van der Waals surface area contributed by atoms with Gasteiger partial charge in [-0.3, -0.25) is 4.79 Å². The van der Waals surface area contributed by atoms with Crippen LogP contribution in [0, 0.1) is 13.8 Å². The van der Waals surface area contributed by atoms with Crippen molar-refractivity contribution in [3.63, 3.8) is 0 Å². The number of hydrogen-bond acceptors (Lipinski definition) is 4. The van der Waals surface area contributed by atoms with Crippen molar-refractivity contribution >= 4 is 23.1 Å². The largest absolute Gasteiger partial charge is 0.397 e. The zero-order chi connectivity index (χ0) is 14.0. The van der Waals surface area contributed by atoms with Crippen LogP contribution < -0.4 is 16.8 Å². The summed E-state index contributed by atoms with van der Waals surface area (Å²) in [6, 6.07) is 7.48. The summed E-state index contributed by atoms with van der Waals surface area (Å²) in [5.74, 6) is -0.152. The maximum Gasteiger partial charge on any atom is 0.252 e. The number of nitrogens with one attached hydrogen (secondary N) is 1. The number of anilines is 3. The summed E-state index contributed by atoms with van der Waals surface area (Å²) < 4.78 is 0. The first kappa shape index (κ1) is 12.9. The molecule has 1 aromatic heterocycles. The van der Waals surface area contributed by atoms with Gasteiger partial charge in [-0.1, -0.05) is 17.7 Å². The Balaban J connectivity index is 2.40. The zero-order valence-electron chi connectivity index (χ0n) is 10.9. The Morgan fingerprint density at radius 1 is 1.26 bits per heavy atom. The third kappa shape index (κ3) is 2.82. The van der Waals surface area contributed by atoms with E-state index < -0.39 is 5.91 Å². The van der Waals surface area contributed by atoms with Gasteiger partial charge in [0.25, 0.3) is 5.91 Å². The molecule has 98 valence electrons. The van der Waals surface area contributed by atoms with Gasteiger partial charge in [0.2, 0.25) is 0 Å². The van der Waals surface area contributed by atoms with Crippen molar-refractivity contribution < 1.29 is 4.79 Å². The van der Waals surface area contributed by atoms with Crippen LogP contribution in [0.3, 0.4) is 0 Å². The fraction of sp³-hybridized carbons (Fsp3) is 0.143. The highest BCUT2D eigenvalue weighted by molar-refractivity contribution is 5.99. The number of aromatic nitrogens is 1. The number of amides is 1. The first-order chi connectivity index (χ1) is 8.97. The van der Waals surface area contributed by atoms with Crippen LogP contribution in [0.15, 0.2) is 30.5 Å². The molecule has 5 nitrogen and oxygen atoms in total. The first-order valence-corrected chi connectivity index (χ1v) is 5.87. The average Bonchev–Trinajstić information content (AvgIpc) is 2.34.